The molecule has 1 heterocycles. The highest BCUT2D eigenvalue weighted by molar-refractivity contribution is 5.89. The molecule has 0 saturated heterocycles. The molecular formula is C13H11NO2. The summed E-state index contributed by atoms with van der Waals surface area (Å²) in [6.45, 7) is 0. The normalized spacial score (nSPS) is 20.1. The predicted octanol–water partition coefficient (Wildman–Crippen LogP) is 2.31. The van der Waals surface area contributed by atoms with Gasteiger partial charge in [-0.25, -0.2) is 0 Å². The molecule has 0 fully saturated rings. The summed E-state index contributed by atoms with van der Waals surface area (Å²) >= 11 is 0. The van der Waals surface area contributed by atoms with Crippen LogP contribution in [0.1, 0.15) is 5.56 Å². The molecule has 0 aromatic heterocycles. The third-order valence-electron chi connectivity index (χ3n) is 2.22. The second-order valence-electron chi connectivity index (χ2n) is 3.32. The number of benzene rings is 1. The minimum atomic E-state index is 0.636. The smallest absolute Gasteiger partial charge is 0.143 e. The summed E-state index contributed by atoms with van der Waals surface area (Å²) in [5, 5.41) is 0. The zero-order valence-electron chi connectivity index (χ0n) is 8.59. The molecule has 2 N–H and O–H groups in total. The maximum Gasteiger partial charge on any atom is 0.143 e. The number of nitrogens with two attached hydrogens (primary N) is 1. The lowest BCUT2D eigenvalue weighted by atomic mass is 10.0. The Kier molecular flexibility index (Phi) is 2.87. The van der Waals surface area contributed by atoms with Gasteiger partial charge in [0.15, 0.2) is 0 Å². The topological polar surface area (TPSA) is 52.3 Å². The molecule has 0 amide bonds. The van der Waals surface area contributed by atoms with Crippen LogP contribution in [0.5, 0.6) is 5.75 Å². The fourth-order valence-corrected chi connectivity index (χ4v) is 1.50. The molecule has 80 valence electrons. The Morgan fingerprint density at radius 1 is 1.25 bits per heavy atom. The number of hydrogen-bond acceptors (Lipinski definition) is 3. The van der Waals surface area contributed by atoms with E-state index in [0.29, 0.717) is 11.4 Å². The van der Waals surface area contributed by atoms with E-state index in [2.05, 4.69) is 0 Å². The van der Waals surface area contributed by atoms with Crippen molar-refractivity contribution in [1.29, 1.82) is 0 Å². The van der Waals surface area contributed by atoms with Crippen LogP contribution < -0.4 is 10.5 Å². The van der Waals surface area contributed by atoms with Crippen molar-refractivity contribution >= 4 is 17.5 Å². The average molecular weight is 213 g/mol. The van der Waals surface area contributed by atoms with Gasteiger partial charge >= 0.3 is 0 Å². The van der Waals surface area contributed by atoms with E-state index in [0.717, 1.165) is 17.4 Å². The molecule has 16 heavy (non-hydrogen) atoms. The van der Waals surface area contributed by atoms with Crippen LogP contribution in [0, 0.1) is 0 Å². The number of anilines is 1. The molecule has 1 aromatic carbocycles. The quantitative estimate of drug-likeness (QED) is 0.442. The molecule has 3 nitrogen and oxygen atoms in total. The molecule has 0 saturated carbocycles. The molecule has 0 spiro atoms. The summed E-state index contributed by atoms with van der Waals surface area (Å²) in [5.41, 5.74) is 7.95. The number of hydrogen-bond donors (Lipinski definition) is 1. The van der Waals surface area contributed by atoms with E-state index < -0.39 is 0 Å². The first-order chi connectivity index (χ1) is 7.81. The van der Waals surface area contributed by atoms with Crippen LogP contribution in [0.15, 0.2) is 48.8 Å². The summed E-state index contributed by atoms with van der Waals surface area (Å²) < 4.78 is 5.42. The van der Waals surface area contributed by atoms with Crippen molar-refractivity contribution in [3.8, 4) is 5.75 Å². The highest BCUT2D eigenvalue weighted by atomic mass is 16.5. The fourth-order valence-electron chi connectivity index (χ4n) is 1.50. The molecule has 3 heteroatoms. The standard InChI is InChI=1S/C13H11NO2/c14-11-4-5-13-12(9-11)10(6-7-15)3-1-2-8-16-13/h1-9H,14H2/b3-1-,8-2-,10-6-. The second kappa shape index (κ2) is 4.49. The van der Waals surface area contributed by atoms with E-state index in [1.807, 2.05) is 12.2 Å². The predicted molar refractivity (Wildman–Crippen MR) is 63.8 cm³/mol. The Hall–Kier alpha value is -2.29. The van der Waals surface area contributed by atoms with Gasteiger partial charge in [-0.3, -0.25) is 4.79 Å². The van der Waals surface area contributed by atoms with Gasteiger partial charge in [0.25, 0.3) is 0 Å². The number of ether oxygens (including phenoxy) is 1. The van der Waals surface area contributed by atoms with Gasteiger partial charge in [0.2, 0.25) is 0 Å². The molecule has 0 radical (unpaired) electrons. The zero-order valence-corrected chi connectivity index (χ0v) is 8.59. The number of rotatable bonds is 1. The van der Waals surface area contributed by atoms with Crippen LogP contribution in [-0.4, -0.2) is 6.29 Å². The second-order valence-corrected chi connectivity index (χ2v) is 3.32. The van der Waals surface area contributed by atoms with Crippen molar-refractivity contribution < 1.29 is 9.53 Å². The van der Waals surface area contributed by atoms with E-state index in [-0.39, 0.29) is 0 Å². The Balaban J connectivity index is 2.61. The molecule has 0 atom stereocenters. The molecule has 0 aliphatic carbocycles. The number of fused-ring (bicyclic) bond motifs is 1. The molecule has 2 rings (SSSR count). The van der Waals surface area contributed by atoms with Crippen LogP contribution >= 0.6 is 0 Å². The lowest BCUT2D eigenvalue weighted by Gasteiger charge is -2.11. The van der Waals surface area contributed by atoms with Gasteiger partial charge in [0.05, 0.1) is 6.26 Å². The highest BCUT2D eigenvalue weighted by Crippen LogP contribution is 2.30. The van der Waals surface area contributed by atoms with E-state index >= 15 is 0 Å². The maximum absolute atomic E-state index is 10.6. The first-order valence-electron chi connectivity index (χ1n) is 4.86. The summed E-state index contributed by atoms with van der Waals surface area (Å²) in [6.07, 6.45) is 9.23. The summed E-state index contributed by atoms with van der Waals surface area (Å²) in [7, 11) is 0. The van der Waals surface area contributed by atoms with E-state index in [9.17, 15) is 4.79 Å². The first kappa shape index (κ1) is 10.2. The minimum Gasteiger partial charge on any atom is -0.464 e. The Bertz CT molecular complexity index is 499. The highest BCUT2D eigenvalue weighted by Gasteiger charge is 2.08. The molecule has 0 bridgehead atoms. The lowest BCUT2D eigenvalue weighted by molar-refractivity contribution is -0.104. The summed E-state index contributed by atoms with van der Waals surface area (Å²) in [6, 6.07) is 5.33. The first-order valence-corrected chi connectivity index (χ1v) is 4.86. The van der Waals surface area contributed by atoms with Crippen molar-refractivity contribution in [3.63, 3.8) is 0 Å². The van der Waals surface area contributed by atoms with Crippen LogP contribution in [0.25, 0.3) is 5.57 Å². The summed E-state index contributed by atoms with van der Waals surface area (Å²) in [5.74, 6) is 0.683. The van der Waals surface area contributed by atoms with Crippen LogP contribution in [0.3, 0.4) is 0 Å². The molecule has 1 aliphatic heterocycles. The number of carbonyl (C=O) groups is 1. The SMILES string of the molecule is Nc1ccc2c(c1)C(=C\C=O)/C=C\C=C/O2. The zero-order chi connectivity index (χ0) is 11.4. The number of carbonyl (C=O) groups excluding carboxylic acids is 1. The van der Waals surface area contributed by atoms with Gasteiger partial charge in [-0.2, -0.15) is 0 Å². The maximum atomic E-state index is 10.6. The van der Waals surface area contributed by atoms with Gasteiger partial charge in [-0.15, -0.1) is 0 Å². The van der Waals surface area contributed by atoms with Gasteiger partial charge in [-0.1, -0.05) is 12.2 Å². The van der Waals surface area contributed by atoms with E-state index in [1.54, 1.807) is 30.5 Å². The third-order valence-corrected chi connectivity index (χ3v) is 2.22. The van der Waals surface area contributed by atoms with Crippen LogP contribution in [0.2, 0.25) is 0 Å². The van der Waals surface area contributed by atoms with Crippen molar-refractivity contribution in [1.82, 2.24) is 0 Å². The Labute approximate surface area is 93.5 Å². The Morgan fingerprint density at radius 3 is 2.94 bits per heavy atom. The summed E-state index contributed by atoms with van der Waals surface area (Å²) in [4.78, 5) is 10.6. The van der Waals surface area contributed by atoms with Gasteiger partial charge < -0.3 is 10.5 Å². The van der Waals surface area contributed by atoms with Crippen molar-refractivity contribution in [2.45, 2.75) is 0 Å². The Morgan fingerprint density at radius 2 is 2.12 bits per heavy atom. The number of aldehydes is 1. The van der Waals surface area contributed by atoms with E-state index in [4.69, 9.17) is 10.5 Å². The van der Waals surface area contributed by atoms with Gasteiger partial charge in [-0.05, 0) is 35.9 Å². The lowest BCUT2D eigenvalue weighted by Crippen LogP contribution is -1.94. The monoisotopic (exact) mass is 213 g/mol. The minimum absolute atomic E-state index is 0.636. The van der Waals surface area contributed by atoms with Gasteiger partial charge in [0, 0.05) is 11.3 Å². The van der Waals surface area contributed by atoms with Gasteiger partial charge in [0.1, 0.15) is 12.0 Å². The third kappa shape index (κ3) is 2.03. The largest absolute Gasteiger partial charge is 0.464 e. The van der Waals surface area contributed by atoms with Crippen LogP contribution in [-0.2, 0) is 4.79 Å². The molecular weight excluding hydrogens is 202 g/mol. The molecule has 1 aliphatic rings. The van der Waals surface area contributed by atoms with Crippen molar-refractivity contribution in [3.05, 3.63) is 54.3 Å². The fraction of sp³-hybridized carbons (Fsp3) is 0. The number of nitrogen functional groups attached to an aromatic ring is 1. The number of allylic oxidation sites excluding steroid dienone is 5. The van der Waals surface area contributed by atoms with Crippen molar-refractivity contribution in [2.24, 2.45) is 0 Å². The van der Waals surface area contributed by atoms with E-state index in [1.165, 1.54) is 6.08 Å². The average Bonchev–Trinajstić information content (AvgIpc) is 2.26. The van der Waals surface area contributed by atoms with Crippen LogP contribution in [0.4, 0.5) is 5.69 Å². The molecule has 0 unspecified atom stereocenters. The molecule has 1 aromatic rings. The van der Waals surface area contributed by atoms with Crippen molar-refractivity contribution in [2.75, 3.05) is 5.73 Å².